The highest BCUT2D eigenvalue weighted by Crippen LogP contribution is 2.45. The van der Waals surface area contributed by atoms with E-state index in [-0.39, 0.29) is 23.5 Å². The lowest BCUT2D eigenvalue weighted by molar-refractivity contribution is 0.0225. The van der Waals surface area contributed by atoms with Crippen molar-refractivity contribution >= 4 is 11.8 Å². The van der Waals surface area contributed by atoms with Gasteiger partial charge in [0, 0.05) is 37.8 Å². The highest BCUT2D eigenvalue weighted by molar-refractivity contribution is 6.02. The average molecular weight is 456 g/mol. The van der Waals surface area contributed by atoms with E-state index >= 15 is 0 Å². The molecule has 176 valence electrons. The quantitative estimate of drug-likeness (QED) is 0.532. The Bertz CT molecular complexity index is 979. The van der Waals surface area contributed by atoms with Crippen molar-refractivity contribution in [1.82, 2.24) is 16.0 Å². The molecule has 0 bridgehead atoms. The molecule has 1 saturated heterocycles. The third-order valence-corrected chi connectivity index (χ3v) is 6.13. The first kappa shape index (κ1) is 23.2. The lowest BCUT2D eigenvalue weighted by Crippen LogP contribution is -2.38. The van der Waals surface area contributed by atoms with Gasteiger partial charge in [-0.25, -0.2) is 4.39 Å². The van der Waals surface area contributed by atoms with E-state index in [1.807, 2.05) is 30.3 Å². The molecule has 2 amide bonds. The van der Waals surface area contributed by atoms with Crippen LogP contribution in [0.4, 0.5) is 4.39 Å². The lowest BCUT2D eigenvalue weighted by atomic mass is 9.86. The van der Waals surface area contributed by atoms with Crippen LogP contribution in [0.15, 0.2) is 42.5 Å². The van der Waals surface area contributed by atoms with Crippen molar-refractivity contribution in [3.05, 3.63) is 64.7 Å². The molecule has 7 nitrogen and oxygen atoms in total. The molecule has 1 fully saturated rings. The van der Waals surface area contributed by atoms with Gasteiger partial charge < -0.3 is 25.4 Å². The van der Waals surface area contributed by atoms with Gasteiger partial charge in [-0.3, -0.25) is 9.59 Å². The number of morpholine rings is 1. The molecular formula is C25H30FN3O4. The zero-order valence-electron chi connectivity index (χ0n) is 18.7. The third-order valence-electron chi connectivity index (χ3n) is 6.13. The first-order chi connectivity index (χ1) is 16.1. The van der Waals surface area contributed by atoms with Gasteiger partial charge in [-0.05, 0) is 30.5 Å². The fourth-order valence-electron chi connectivity index (χ4n) is 4.48. The van der Waals surface area contributed by atoms with Crippen LogP contribution in [-0.2, 0) is 4.74 Å². The van der Waals surface area contributed by atoms with E-state index in [9.17, 15) is 14.0 Å². The van der Waals surface area contributed by atoms with Crippen molar-refractivity contribution in [2.75, 3.05) is 40.0 Å². The summed E-state index contributed by atoms with van der Waals surface area (Å²) in [5.74, 6) is -0.724. The highest BCUT2D eigenvalue weighted by atomic mass is 19.1. The fraction of sp³-hybridized carbons (Fsp3) is 0.440. The normalized spacial score (nSPS) is 21.7. The Morgan fingerprint density at radius 1 is 1.18 bits per heavy atom. The van der Waals surface area contributed by atoms with Crippen molar-refractivity contribution in [3.63, 3.8) is 0 Å². The van der Waals surface area contributed by atoms with Crippen LogP contribution < -0.4 is 20.7 Å². The molecule has 33 heavy (non-hydrogen) atoms. The summed E-state index contributed by atoms with van der Waals surface area (Å²) in [7, 11) is 1.51. The number of fused-ring (bicyclic) bond motifs is 1. The van der Waals surface area contributed by atoms with Crippen molar-refractivity contribution < 1.29 is 23.5 Å². The Balaban J connectivity index is 1.55. The minimum atomic E-state index is -0.756. The summed E-state index contributed by atoms with van der Waals surface area (Å²) in [6.45, 7) is 2.19. The molecule has 2 heterocycles. The van der Waals surface area contributed by atoms with Gasteiger partial charge in [-0.1, -0.05) is 30.3 Å². The summed E-state index contributed by atoms with van der Waals surface area (Å²) in [6.07, 6.45) is 1.04. The van der Waals surface area contributed by atoms with Gasteiger partial charge in [0.25, 0.3) is 11.8 Å². The maximum absolute atomic E-state index is 13.9. The van der Waals surface area contributed by atoms with Crippen LogP contribution in [0.2, 0.25) is 0 Å². The van der Waals surface area contributed by atoms with E-state index in [0.717, 1.165) is 31.5 Å². The molecule has 0 radical (unpaired) electrons. The molecule has 4 rings (SSSR count). The number of ether oxygens (including phenoxy) is 2. The van der Waals surface area contributed by atoms with Crippen LogP contribution in [0.1, 0.15) is 50.6 Å². The lowest BCUT2D eigenvalue weighted by Gasteiger charge is -2.23. The average Bonchev–Trinajstić information content (AvgIpc) is 3.25. The van der Waals surface area contributed by atoms with Crippen molar-refractivity contribution in [2.24, 2.45) is 0 Å². The summed E-state index contributed by atoms with van der Waals surface area (Å²) in [6, 6.07) is 12.7. The highest BCUT2D eigenvalue weighted by Gasteiger charge is 2.39. The number of amides is 2. The van der Waals surface area contributed by atoms with E-state index in [4.69, 9.17) is 9.47 Å². The second-order valence-corrected chi connectivity index (χ2v) is 8.32. The van der Waals surface area contributed by atoms with E-state index in [1.54, 1.807) is 6.07 Å². The van der Waals surface area contributed by atoms with Crippen LogP contribution in [0.5, 0.6) is 5.75 Å². The second kappa shape index (κ2) is 10.8. The number of hydrogen-bond donors (Lipinski definition) is 3. The van der Waals surface area contributed by atoms with Gasteiger partial charge >= 0.3 is 0 Å². The Morgan fingerprint density at radius 2 is 2.00 bits per heavy atom. The summed E-state index contributed by atoms with van der Waals surface area (Å²) in [5.41, 5.74) is 2.11. The molecule has 0 spiro atoms. The summed E-state index contributed by atoms with van der Waals surface area (Å²) < 4.78 is 25.5. The molecule has 0 aromatic heterocycles. The largest absolute Gasteiger partial charge is 0.486 e. The smallest absolute Gasteiger partial charge is 0.254 e. The van der Waals surface area contributed by atoms with Crippen molar-refractivity contribution in [3.8, 4) is 5.75 Å². The Morgan fingerprint density at radius 3 is 2.70 bits per heavy atom. The fourth-order valence-corrected chi connectivity index (χ4v) is 4.48. The molecule has 2 aliphatic heterocycles. The van der Waals surface area contributed by atoms with E-state index in [2.05, 4.69) is 16.0 Å². The third kappa shape index (κ3) is 5.17. The molecule has 0 aliphatic carbocycles. The van der Waals surface area contributed by atoms with Gasteiger partial charge in [0.05, 0.1) is 24.2 Å². The monoisotopic (exact) mass is 455 g/mol. The molecule has 3 N–H and O–H groups in total. The number of halogens is 1. The van der Waals surface area contributed by atoms with E-state index in [0.29, 0.717) is 30.0 Å². The Kier molecular flexibility index (Phi) is 7.57. The number of rotatable bonds is 8. The summed E-state index contributed by atoms with van der Waals surface area (Å²) >= 11 is 0. The number of alkyl halides is 1. The van der Waals surface area contributed by atoms with Gasteiger partial charge in [-0.2, -0.15) is 0 Å². The Hall–Kier alpha value is -2.97. The summed E-state index contributed by atoms with van der Waals surface area (Å²) in [5, 5.41) is 8.81. The molecule has 2 aromatic carbocycles. The zero-order valence-corrected chi connectivity index (χ0v) is 18.7. The van der Waals surface area contributed by atoms with Crippen molar-refractivity contribution in [1.29, 1.82) is 0 Å². The number of nitrogens with one attached hydrogen (secondary N) is 3. The standard InChI is InChI=1S/C25H30FN3O4/c1-27-25(31)20-13-17(24(30)29-9-5-8-18-15-28-10-11-32-18)12-19-22(16-6-3-2-4-7-16)21(14-26)33-23(19)20/h2-4,6-7,12-13,18,21-22,28H,5,8-11,14-15H2,1H3,(H,27,31)(H,29,30)/t18-,21-,22+/m1/s1. The minimum absolute atomic E-state index is 0.164. The first-order valence-electron chi connectivity index (χ1n) is 11.4. The first-order valence-corrected chi connectivity index (χ1v) is 11.4. The molecular weight excluding hydrogens is 425 g/mol. The zero-order chi connectivity index (χ0) is 23.2. The van der Waals surface area contributed by atoms with Crippen LogP contribution >= 0.6 is 0 Å². The number of carbonyl (C=O) groups is 2. The Labute approximate surface area is 193 Å². The van der Waals surface area contributed by atoms with Gasteiger partial charge in [0.1, 0.15) is 18.5 Å². The summed E-state index contributed by atoms with van der Waals surface area (Å²) in [4.78, 5) is 25.5. The van der Waals surface area contributed by atoms with Crippen LogP contribution in [-0.4, -0.2) is 64.0 Å². The van der Waals surface area contributed by atoms with Gasteiger partial charge in [0.15, 0.2) is 0 Å². The maximum atomic E-state index is 13.9. The van der Waals surface area contributed by atoms with Gasteiger partial charge in [-0.15, -0.1) is 0 Å². The maximum Gasteiger partial charge on any atom is 0.254 e. The molecule has 0 unspecified atom stereocenters. The van der Waals surface area contributed by atoms with Crippen LogP contribution in [0.3, 0.4) is 0 Å². The number of hydrogen-bond acceptors (Lipinski definition) is 5. The molecule has 0 saturated carbocycles. The van der Waals surface area contributed by atoms with Crippen LogP contribution in [0, 0.1) is 0 Å². The van der Waals surface area contributed by atoms with E-state index < -0.39 is 18.7 Å². The SMILES string of the molecule is CNC(=O)c1cc(C(=O)NCCC[C@@H]2CNCCO2)cc2c1O[C@H](CF)[C@H]2c1ccccc1. The van der Waals surface area contributed by atoms with E-state index in [1.165, 1.54) is 13.1 Å². The van der Waals surface area contributed by atoms with Crippen molar-refractivity contribution in [2.45, 2.75) is 31.0 Å². The second-order valence-electron chi connectivity index (χ2n) is 8.32. The topological polar surface area (TPSA) is 88.7 Å². The number of benzene rings is 2. The predicted octanol–water partition coefficient (Wildman–Crippen LogP) is 2.41. The minimum Gasteiger partial charge on any atom is -0.486 e. The molecule has 2 aromatic rings. The predicted molar refractivity (Wildman–Crippen MR) is 123 cm³/mol. The molecule has 3 atom stereocenters. The number of carbonyl (C=O) groups excluding carboxylic acids is 2. The molecule has 2 aliphatic rings. The van der Waals surface area contributed by atoms with Gasteiger partial charge in [0.2, 0.25) is 0 Å². The molecule has 8 heteroatoms. The van der Waals surface area contributed by atoms with Crippen LogP contribution in [0.25, 0.3) is 0 Å².